The lowest BCUT2D eigenvalue weighted by Gasteiger charge is -2.31. The number of methoxy groups -OCH3 is 2. The Morgan fingerprint density at radius 1 is 1.14 bits per heavy atom. The van der Waals surface area contributed by atoms with Crippen molar-refractivity contribution in [1.82, 2.24) is 10.6 Å². The maximum absolute atomic E-state index is 13.3. The predicted molar refractivity (Wildman–Crippen MR) is 111 cm³/mol. The van der Waals surface area contributed by atoms with Crippen molar-refractivity contribution in [3.63, 3.8) is 0 Å². The fourth-order valence-corrected chi connectivity index (χ4v) is 3.52. The molecule has 2 aromatic carbocycles. The Morgan fingerprint density at radius 3 is 2.38 bits per heavy atom. The number of allylic oxidation sites excluding steroid dienone is 1. The van der Waals surface area contributed by atoms with Crippen LogP contribution in [0.3, 0.4) is 0 Å². The largest absolute Gasteiger partial charge is 0.496 e. The first-order chi connectivity index (χ1) is 13.9. The molecule has 9 heteroatoms. The van der Waals surface area contributed by atoms with Crippen LogP contribution in [0.4, 0.5) is 5.69 Å². The van der Waals surface area contributed by atoms with E-state index in [2.05, 4.69) is 10.6 Å². The highest BCUT2D eigenvalue weighted by molar-refractivity contribution is 7.80. The molecule has 1 atom stereocenters. The lowest BCUT2D eigenvalue weighted by molar-refractivity contribution is -0.385. The van der Waals surface area contributed by atoms with Crippen molar-refractivity contribution < 1.29 is 19.2 Å². The Labute approximate surface area is 172 Å². The van der Waals surface area contributed by atoms with Crippen LogP contribution in [0.1, 0.15) is 28.9 Å². The van der Waals surface area contributed by atoms with Crippen LogP contribution in [0.2, 0.25) is 0 Å². The van der Waals surface area contributed by atoms with Crippen LogP contribution >= 0.6 is 12.2 Å². The monoisotopic (exact) mass is 413 g/mol. The minimum absolute atomic E-state index is 0.0590. The highest BCUT2D eigenvalue weighted by Gasteiger charge is 2.34. The summed E-state index contributed by atoms with van der Waals surface area (Å²) in [4.78, 5) is 24.2. The number of thiocarbonyl (C=S) groups is 1. The summed E-state index contributed by atoms with van der Waals surface area (Å²) in [5.74, 6) is 0.167. The van der Waals surface area contributed by atoms with Gasteiger partial charge in [-0.2, -0.15) is 0 Å². The molecule has 1 aliphatic rings. The number of carbonyl (C=O) groups is 1. The molecule has 0 bridgehead atoms. The quantitative estimate of drug-likeness (QED) is 0.322. The SMILES string of the molecule is COc1cc(OC)c([N+](=O)[O-])cc1C1NC(=S)NC(C)=C1C(=O)c1ccccc1. The van der Waals surface area contributed by atoms with Crippen LogP contribution in [0.25, 0.3) is 0 Å². The average Bonchev–Trinajstić information content (AvgIpc) is 2.72. The number of carbonyl (C=O) groups excluding carboxylic acids is 1. The number of rotatable bonds is 6. The van der Waals surface area contributed by atoms with Crippen molar-refractivity contribution in [1.29, 1.82) is 0 Å². The van der Waals surface area contributed by atoms with Gasteiger partial charge in [0, 0.05) is 34.5 Å². The van der Waals surface area contributed by atoms with E-state index in [9.17, 15) is 14.9 Å². The Kier molecular flexibility index (Phi) is 5.79. The Bertz CT molecular complexity index is 1020. The van der Waals surface area contributed by atoms with Gasteiger partial charge in [-0.1, -0.05) is 30.3 Å². The predicted octanol–water partition coefficient (Wildman–Crippen LogP) is 3.29. The van der Waals surface area contributed by atoms with Crippen molar-refractivity contribution in [2.45, 2.75) is 13.0 Å². The van der Waals surface area contributed by atoms with Gasteiger partial charge in [0.15, 0.2) is 10.9 Å². The number of nitro groups is 1. The van der Waals surface area contributed by atoms with E-state index < -0.39 is 11.0 Å². The smallest absolute Gasteiger partial charge is 0.311 e. The summed E-state index contributed by atoms with van der Waals surface area (Å²) in [5.41, 5.74) is 1.61. The van der Waals surface area contributed by atoms with Gasteiger partial charge in [-0.3, -0.25) is 14.9 Å². The Hall–Kier alpha value is -3.46. The minimum Gasteiger partial charge on any atom is -0.496 e. The van der Waals surface area contributed by atoms with Crippen LogP contribution in [-0.4, -0.2) is 30.0 Å². The molecule has 1 heterocycles. The first kappa shape index (κ1) is 20.3. The molecule has 2 N–H and O–H groups in total. The second-order valence-corrected chi connectivity index (χ2v) is 6.70. The van der Waals surface area contributed by atoms with E-state index in [1.807, 2.05) is 6.07 Å². The Morgan fingerprint density at radius 2 is 1.79 bits per heavy atom. The van der Waals surface area contributed by atoms with Gasteiger partial charge in [-0.15, -0.1) is 0 Å². The van der Waals surface area contributed by atoms with E-state index >= 15 is 0 Å². The van der Waals surface area contributed by atoms with Crippen molar-refractivity contribution in [2.75, 3.05) is 14.2 Å². The zero-order chi connectivity index (χ0) is 21.1. The van der Waals surface area contributed by atoms with Gasteiger partial charge in [-0.05, 0) is 19.1 Å². The fourth-order valence-electron chi connectivity index (χ4n) is 3.25. The van der Waals surface area contributed by atoms with Gasteiger partial charge >= 0.3 is 5.69 Å². The first-order valence-electron chi connectivity index (χ1n) is 8.65. The molecule has 150 valence electrons. The lowest BCUT2D eigenvalue weighted by Crippen LogP contribution is -2.45. The zero-order valence-corrected chi connectivity index (χ0v) is 16.8. The number of hydrogen-bond acceptors (Lipinski definition) is 6. The second kappa shape index (κ2) is 8.27. The van der Waals surface area contributed by atoms with Crippen LogP contribution in [0, 0.1) is 10.1 Å². The third-order valence-corrected chi connectivity index (χ3v) is 4.81. The summed E-state index contributed by atoms with van der Waals surface area (Å²) in [6.07, 6.45) is 0. The summed E-state index contributed by atoms with van der Waals surface area (Å²) < 4.78 is 10.6. The molecule has 0 spiro atoms. The van der Waals surface area contributed by atoms with Crippen LogP contribution in [-0.2, 0) is 0 Å². The number of nitrogens with one attached hydrogen (secondary N) is 2. The number of ether oxygens (including phenoxy) is 2. The van der Waals surface area contributed by atoms with E-state index in [1.54, 1.807) is 31.2 Å². The molecule has 0 aliphatic carbocycles. The molecule has 0 saturated carbocycles. The average molecular weight is 413 g/mol. The minimum atomic E-state index is -0.740. The fraction of sp³-hybridized carbons (Fsp3) is 0.200. The normalized spacial score (nSPS) is 16.0. The summed E-state index contributed by atoms with van der Waals surface area (Å²) in [5, 5.41) is 17.8. The molecule has 0 fully saturated rings. The van der Waals surface area contributed by atoms with E-state index in [0.717, 1.165) is 0 Å². The number of nitro benzene ring substituents is 1. The molecule has 8 nitrogen and oxygen atoms in total. The summed E-state index contributed by atoms with van der Waals surface area (Å²) >= 11 is 5.26. The maximum Gasteiger partial charge on any atom is 0.311 e. The van der Waals surface area contributed by atoms with Crippen molar-refractivity contribution >= 4 is 28.8 Å². The van der Waals surface area contributed by atoms with Gasteiger partial charge in [0.2, 0.25) is 5.75 Å². The molecule has 0 radical (unpaired) electrons. The number of hydrogen-bond donors (Lipinski definition) is 2. The third-order valence-electron chi connectivity index (χ3n) is 4.59. The van der Waals surface area contributed by atoms with E-state index in [4.69, 9.17) is 21.7 Å². The van der Waals surface area contributed by atoms with Gasteiger partial charge in [0.1, 0.15) is 5.75 Å². The lowest BCUT2D eigenvalue weighted by atomic mass is 9.89. The molecular formula is C20H19N3O5S. The zero-order valence-electron chi connectivity index (χ0n) is 16.0. The molecule has 1 unspecified atom stereocenters. The van der Waals surface area contributed by atoms with Crippen molar-refractivity contribution in [3.05, 3.63) is 75.0 Å². The van der Waals surface area contributed by atoms with Crippen LogP contribution in [0.5, 0.6) is 11.5 Å². The Balaban J connectivity index is 2.20. The van der Waals surface area contributed by atoms with Crippen molar-refractivity contribution in [3.8, 4) is 11.5 Å². The first-order valence-corrected chi connectivity index (χ1v) is 9.06. The molecule has 0 amide bonds. The molecular weight excluding hydrogens is 394 g/mol. The van der Waals surface area contributed by atoms with E-state index in [1.165, 1.54) is 26.4 Å². The summed E-state index contributed by atoms with van der Waals surface area (Å²) in [6.45, 7) is 1.74. The molecule has 29 heavy (non-hydrogen) atoms. The highest BCUT2D eigenvalue weighted by atomic mass is 32.1. The molecule has 3 rings (SSSR count). The van der Waals surface area contributed by atoms with E-state index in [0.29, 0.717) is 33.3 Å². The number of benzene rings is 2. The number of ketones is 1. The molecule has 0 aromatic heterocycles. The van der Waals surface area contributed by atoms with Crippen LogP contribution < -0.4 is 20.1 Å². The molecule has 0 saturated heterocycles. The molecule has 1 aliphatic heterocycles. The highest BCUT2D eigenvalue weighted by Crippen LogP contribution is 2.41. The summed E-state index contributed by atoms with van der Waals surface area (Å²) in [6, 6.07) is 10.8. The third kappa shape index (κ3) is 3.90. The van der Waals surface area contributed by atoms with Gasteiger partial charge in [0.05, 0.1) is 25.2 Å². The van der Waals surface area contributed by atoms with Gasteiger partial charge < -0.3 is 20.1 Å². The topological polar surface area (TPSA) is 103 Å². The van der Waals surface area contributed by atoms with E-state index in [-0.39, 0.29) is 17.2 Å². The summed E-state index contributed by atoms with van der Waals surface area (Å²) in [7, 11) is 2.78. The van der Waals surface area contributed by atoms with Crippen molar-refractivity contribution in [2.24, 2.45) is 0 Å². The van der Waals surface area contributed by atoms with Gasteiger partial charge in [-0.25, -0.2) is 0 Å². The van der Waals surface area contributed by atoms with Crippen LogP contribution in [0.15, 0.2) is 53.7 Å². The number of Topliss-reactive ketones (excluding diaryl/α,β-unsaturated/α-hetero) is 1. The standard InChI is InChI=1S/C20H19N3O5S/c1-11-17(19(24)12-7-5-4-6-8-12)18(22-20(29)21-11)13-9-14(23(25)26)16(28-3)10-15(13)27-2/h4-10,18H,1-3H3,(H2,21,22,29). The number of nitrogens with zero attached hydrogens (tertiary/aromatic N) is 1. The second-order valence-electron chi connectivity index (χ2n) is 6.29. The van der Waals surface area contributed by atoms with Gasteiger partial charge in [0.25, 0.3) is 0 Å². The maximum atomic E-state index is 13.3. The molecule has 2 aromatic rings.